The molecule has 2 aromatic rings. The molecule has 1 aromatic heterocycles. The summed E-state index contributed by atoms with van der Waals surface area (Å²) in [5.74, 6) is -0.424. The SMILES string of the molecule is Fc1ccc(NCc2cnccn2)cc1Cl. The van der Waals surface area contributed by atoms with Crippen LogP contribution in [0, 0.1) is 5.82 Å². The molecule has 0 aliphatic rings. The number of nitrogens with zero attached hydrogens (tertiary/aromatic N) is 2. The molecule has 0 amide bonds. The van der Waals surface area contributed by atoms with Crippen LogP contribution < -0.4 is 5.32 Å². The van der Waals surface area contributed by atoms with Gasteiger partial charge in [0.1, 0.15) is 5.82 Å². The van der Waals surface area contributed by atoms with E-state index >= 15 is 0 Å². The van der Waals surface area contributed by atoms with Gasteiger partial charge in [-0.05, 0) is 18.2 Å². The van der Waals surface area contributed by atoms with Crippen molar-refractivity contribution in [1.29, 1.82) is 0 Å². The van der Waals surface area contributed by atoms with E-state index in [4.69, 9.17) is 11.6 Å². The van der Waals surface area contributed by atoms with Crippen LogP contribution in [0.15, 0.2) is 36.8 Å². The number of benzene rings is 1. The minimum absolute atomic E-state index is 0.101. The van der Waals surface area contributed by atoms with Crippen LogP contribution in [0.25, 0.3) is 0 Å². The third-order valence-corrected chi connectivity index (χ3v) is 2.30. The van der Waals surface area contributed by atoms with Crippen molar-refractivity contribution in [2.45, 2.75) is 6.54 Å². The zero-order valence-electron chi connectivity index (χ0n) is 8.32. The van der Waals surface area contributed by atoms with Crippen molar-refractivity contribution >= 4 is 17.3 Å². The van der Waals surface area contributed by atoms with Gasteiger partial charge in [-0.3, -0.25) is 9.97 Å². The van der Waals surface area contributed by atoms with Gasteiger partial charge in [0.25, 0.3) is 0 Å². The molecule has 1 heterocycles. The first-order valence-electron chi connectivity index (χ1n) is 4.69. The summed E-state index contributed by atoms with van der Waals surface area (Å²) in [5, 5.41) is 3.18. The molecule has 3 nitrogen and oxygen atoms in total. The Hall–Kier alpha value is -1.68. The first-order valence-corrected chi connectivity index (χ1v) is 5.07. The van der Waals surface area contributed by atoms with E-state index in [1.54, 1.807) is 24.7 Å². The normalized spacial score (nSPS) is 10.1. The number of rotatable bonds is 3. The van der Waals surface area contributed by atoms with Crippen molar-refractivity contribution in [3.05, 3.63) is 53.3 Å². The van der Waals surface area contributed by atoms with E-state index in [0.717, 1.165) is 11.4 Å². The lowest BCUT2D eigenvalue weighted by Gasteiger charge is -2.05. The van der Waals surface area contributed by atoms with Crippen molar-refractivity contribution in [2.75, 3.05) is 5.32 Å². The second-order valence-corrected chi connectivity index (χ2v) is 3.59. The van der Waals surface area contributed by atoms with Crippen molar-refractivity contribution in [3.63, 3.8) is 0 Å². The van der Waals surface area contributed by atoms with Crippen LogP contribution in [0.1, 0.15) is 5.69 Å². The summed E-state index contributed by atoms with van der Waals surface area (Å²) in [6.45, 7) is 0.524. The average molecular weight is 238 g/mol. The summed E-state index contributed by atoms with van der Waals surface area (Å²) in [6, 6.07) is 4.48. The molecule has 82 valence electrons. The molecular formula is C11H9ClFN3. The molecule has 16 heavy (non-hydrogen) atoms. The van der Waals surface area contributed by atoms with Crippen molar-refractivity contribution < 1.29 is 4.39 Å². The lowest BCUT2D eigenvalue weighted by atomic mass is 10.3. The van der Waals surface area contributed by atoms with Crippen molar-refractivity contribution in [2.24, 2.45) is 0 Å². The largest absolute Gasteiger partial charge is 0.379 e. The highest BCUT2D eigenvalue weighted by Gasteiger charge is 2.00. The molecular weight excluding hydrogens is 229 g/mol. The fourth-order valence-corrected chi connectivity index (χ4v) is 1.40. The van der Waals surface area contributed by atoms with Gasteiger partial charge < -0.3 is 5.32 Å². The highest BCUT2D eigenvalue weighted by Crippen LogP contribution is 2.19. The molecule has 0 saturated heterocycles. The lowest BCUT2D eigenvalue weighted by Crippen LogP contribution is -2.01. The van der Waals surface area contributed by atoms with Crippen molar-refractivity contribution in [3.8, 4) is 0 Å². The Morgan fingerprint density at radius 1 is 1.31 bits per heavy atom. The van der Waals surface area contributed by atoms with Gasteiger partial charge in [-0.25, -0.2) is 4.39 Å². The molecule has 0 atom stereocenters. The Morgan fingerprint density at radius 3 is 2.88 bits per heavy atom. The number of aromatic nitrogens is 2. The predicted octanol–water partition coefficient (Wildman–Crippen LogP) is 2.88. The summed E-state index contributed by atoms with van der Waals surface area (Å²) < 4.78 is 12.9. The van der Waals surface area contributed by atoms with Gasteiger partial charge in [-0.2, -0.15) is 0 Å². The Kier molecular flexibility index (Phi) is 3.31. The van der Waals surface area contributed by atoms with E-state index in [-0.39, 0.29) is 5.02 Å². The fourth-order valence-electron chi connectivity index (χ4n) is 1.22. The van der Waals surface area contributed by atoms with Crippen LogP contribution in [0.2, 0.25) is 5.02 Å². The number of anilines is 1. The molecule has 5 heteroatoms. The third kappa shape index (κ3) is 2.67. The summed E-state index contributed by atoms with van der Waals surface area (Å²) in [5.41, 5.74) is 1.56. The van der Waals surface area contributed by atoms with Gasteiger partial charge in [-0.1, -0.05) is 11.6 Å². The Morgan fingerprint density at radius 2 is 2.19 bits per heavy atom. The first kappa shape index (κ1) is 10.8. The summed E-state index contributed by atoms with van der Waals surface area (Å²) >= 11 is 5.65. The molecule has 0 aliphatic carbocycles. The summed E-state index contributed by atoms with van der Waals surface area (Å²) in [7, 11) is 0. The zero-order valence-corrected chi connectivity index (χ0v) is 9.08. The molecule has 0 aliphatic heterocycles. The Labute approximate surface area is 97.3 Å². The molecule has 2 rings (SSSR count). The number of nitrogens with one attached hydrogen (secondary N) is 1. The standard InChI is InChI=1S/C11H9ClFN3/c12-10-5-8(1-2-11(10)13)16-7-9-6-14-3-4-15-9/h1-6,16H,7H2. The maximum absolute atomic E-state index is 12.9. The molecule has 0 saturated carbocycles. The van der Waals surface area contributed by atoms with Gasteiger partial charge in [0.15, 0.2) is 0 Å². The van der Waals surface area contributed by atoms with E-state index in [0.29, 0.717) is 6.54 Å². The molecule has 1 aromatic carbocycles. The van der Waals surface area contributed by atoms with E-state index in [9.17, 15) is 4.39 Å². The molecule has 0 unspecified atom stereocenters. The van der Waals surface area contributed by atoms with Crippen LogP contribution in [0.4, 0.5) is 10.1 Å². The minimum atomic E-state index is -0.424. The van der Waals surface area contributed by atoms with Gasteiger partial charge >= 0.3 is 0 Å². The fraction of sp³-hybridized carbons (Fsp3) is 0.0909. The molecule has 0 radical (unpaired) electrons. The van der Waals surface area contributed by atoms with Gasteiger partial charge in [0, 0.05) is 18.1 Å². The van der Waals surface area contributed by atoms with Gasteiger partial charge in [0.05, 0.1) is 23.5 Å². The molecule has 1 N–H and O–H groups in total. The van der Waals surface area contributed by atoms with E-state index in [2.05, 4.69) is 15.3 Å². The van der Waals surface area contributed by atoms with E-state index in [1.807, 2.05) is 0 Å². The third-order valence-electron chi connectivity index (χ3n) is 2.01. The Bertz CT molecular complexity index is 476. The predicted molar refractivity (Wildman–Crippen MR) is 60.8 cm³/mol. The first-order chi connectivity index (χ1) is 7.75. The average Bonchev–Trinajstić information content (AvgIpc) is 2.32. The van der Waals surface area contributed by atoms with Crippen LogP contribution in [-0.2, 0) is 6.54 Å². The van der Waals surface area contributed by atoms with Crippen LogP contribution >= 0.6 is 11.6 Å². The molecule has 0 bridgehead atoms. The Balaban J connectivity index is 2.03. The highest BCUT2D eigenvalue weighted by atomic mass is 35.5. The van der Waals surface area contributed by atoms with E-state index in [1.165, 1.54) is 12.1 Å². The van der Waals surface area contributed by atoms with Gasteiger partial charge in [-0.15, -0.1) is 0 Å². The van der Waals surface area contributed by atoms with Crippen LogP contribution in [0.5, 0.6) is 0 Å². The lowest BCUT2D eigenvalue weighted by molar-refractivity contribution is 0.628. The summed E-state index contributed by atoms with van der Waals surface area (Å²) in [6.07, 6.45) is 4.89. The van der Waals surface area contributed by atoms with Crippen LogP contribution in [0.3, 0.4) is 0 Å². The quantitative estimate of drug-likeness (QED) is 0.892. The summed E-state index contributed by atoms with van der Waals surface area (Å²) in [4.78, 5) is 8.04. The highest BCUT2D eigenvalue weighted by molar-refractivity contribution is 6.31. The maximum Gasteiger partial charge on any atom is 0.141 e. The topological polar surface area (TPSA) is 37.8 Å². The maximum atomic E-state index is 12.9. The second kappa shape index (κ2) is 4.90. The van der Waals surface area contributed by atoms with Crippen LogP contribution in [-0.4, -0.2) is 9.97 Å². The number of hydrogen-bond acceptors (Lipinski definition) is 3. The minimum Gasteiger partial charge on any atom is -0.379 e. The number of halogens is 2. The second-order valence-electron chi connectivity index (χ2n) is 3.18. The van der Waals surface area contributed by atoms with E-state index < -0.39 is 5.82 Å². The zero-order chi connectivity index (χ0) is 11.4. The van der Waals surface area contributed by atoms with Crippen molar-refractivity contribution in [1.82, 2.24) is 9.97 Å². The molecule has 0 fully saturated rings. The monoisotopic (exact) mass is 237 g/mol. The smallest absolute Gasteiger partial charge is 0.141 e. The number of hydrogen-bond donors (Lipinski definition) is 1. The molecule has 0 spiro atoms. The van der Waals surface area contributed by atoms with Gasteiger partial charge in [0.2, 0.25) is 0 Å².